The van der Waals surface area contributed by atoms with Gasteiger partial charge < -0.3 is 15.3 Å². The topological polar surface area (TPSA) is 69.6 Å². The van der Waals surface area contributed by atoms with Crippen molar-refractivity contribution in [2.45, 2.75) is 26.2 Å². The Hall–Kier alpha value is -1.27. The zero-order chi connectivity index (χ0) is 15.5. The van der Waals surface area contributed by atoms with Crippen LogP contribution in [0, 0.1) is 5.41 Å². The van der Waals surface area contributed by atoms with Gasteiger partial charge in [0, 0.05) is 24.5 Å². The van der Waals surface area contributed by atoms with Gasteiger partial charge in [-0.1, -0.05) is 11.6 Å². The minimum Gasteiger partial charge on any atom is -0.481 e. The molecule has 0 radical (unpaired) electrons. The zero-order valence-corrected chi connectivity index (χ0v) is 13.5. The molecular weight excluding hydrogens is 312 g/mol. The van der Waals surface area contributed by atoms with Gasteiger partial charge in [-0.15, -0.1) is 11.3 Å². The Balaban J connectivity index is 1.74. The summed E-state index contributed by atoms with van der Waals surface area (Å²) >= 11 is 7.36. The minimum absolute atomic E-state index is 0.120. The van der Waals surface area contributed by atoms with E-state index in [9.17, 15) is 9.59 Å². The number of piperidine rings is 1. The van der Waals surface area contributed by atoms with Crippen LogP contribution in [0.15, 0.2) is 12.1 Å². The summed E-state index contributed by atoms with van der Waals surface area (Å²) in [6, 6.07) is 3.68. The van der Waals surface area contributed by atoms with E-state index in [0.717, 1.165) is 15.6 Å². The molecule has 0 spiro atoms. The highest BCUT2D eigenvalue weighted by atomic mass is 35.5. The van der Waals surface area contributed by atoms with E-state index < -0.39 is 11.4 Å². The molecule has 116 valence electrons. The third-order valence-corrected chi connectivity index (χ3v) is 5.24. The number of hydrogen-bond donors (Lipinski definition) is 2. The van der Waals surface area contributed by atoms with E-state index in [-0.39, 0.29) is 6.03 Å². The summed E-state index contributed by atoms with van der Waals surface area (Å²) in [5.41, 5.74) is -0.704. The average molecular weight is 331 g/mol. The summed E-state index contributed by atoms with van der Waals surface area (Å²) in [5, 5.41) is 12.0. The quantitative estimate of drug-likeness (QED) is 0.891. The smallest absolute Gasteiger partial charge is 0.317 e. The molecular formula is C14H19ClN2O3S. The number of hydrogen-bond acceptors (Lipinski definition) is 3. The minimum atomic E-state index is -0.780. The average Bonchev–Trinajstić information content (AvgIpc) is 2.85. The number of aliphatic carboxylic acids is 1. The Labute approximate surface area is 132 Å². The van der Waals surface area contributed by atoms with Crippen LogP contribution in [0.5, 0.6) is 0 Å². The lowest BCUT2D eigenvalue weighted by Gasteiger charge is -2.36. The second-order valence-corrected chi connectivity index (χ2v) is 7.34. The number of amides is 2. The van der Waals surface area contributed by atoms with Gasteiger partial charge in [-0.2, -0.15) is 0 Å². The molecule has 2 heterocycles. The molecule has 0 aliphatic carbocycles. The van der Waals surface area contributed by atoms with E-state index in [2.05, 4.69) is 5.32 Å². The summed E-state index contributed by atoms with van der Waals surface area (Å²) in [5.74, 6) is -0.780. The van der Waals surface area contributed by atoms with Gasteiger partial charge >= 0.3 is 12.0 Å². The van der Waals surface area contributed by atoms with Crippen molar-refractivity contribution >= 4 is 34.9 Å². The van der Waals surface area contributed by atoms with Crippen molar-refractivity contribution in [1.82, 2.24) is 10.2 Å². The Morgan fingerprint density at radius 1 is 1.43 bits per heavy atom. The number of carboxylic acids is 1. The molecule has 2 amide bonds. The van der Waals surface area contributed by atoms with E-state index in [1.807, 2.05) is 12.1 Å². The van der Waals surface area contributed by atoms with Gasteiger partial charge in [-0.05, 0) is 38.3 Å². The Kier molecular flexibility index (Phi) is 5.11. The molecule has 21 heavy (non-hydrogen) atoms. The summed E-state index contributed by atoms with van der Waals surface area (Å²) in [4.78, 5) is 26.0. The summed E-state index contributed by atoms with van der Waals surface area (Å²) in [7, 11) is 0. The summed E-state index contributed by atoms with van der Waals surface area (Å²) in [6.45, 7) is 3.27. The number of nitrogens with one attached hydrogen (secondary N) is 1. The largest absolute Gasteiger partial charge is 0.481 e. The maximum atomic E-state index is 12.0. The zero-order valence-electron chi connectivity index (χ0n) is 11.9. The number of halogens is 1. The van der Waals surface area contributed by atoms with E-state index in [0.29, 0.717) is 32.5 Å². The lowest BCUT2D eigenvalue weighted by Crippen LogP contribution is -2.49. The van der Waals surface area contributed by atoms with Crippen molar-refractivity contribution in [3.05, 3.63) is 21.3 Å². The number of likely N-dealkylation sites (tertiary alicyclic amines) is 1. The Morgan fingerprint density at radius 3 is 2.62 bits per heavy atom. The number of thiophene rings is 1. The second-order valence-electron chi connectivity index (χ2n) is 5.54. The standard InChI is InChI=1S/C14H19ClN2O3S/c1-14(12(18)19)5-8-17(9-6-14)13(20)16-7-4-10-2-3-11(15)21-10/h2-3H,4-9H2,1H3,(H,16,20)(H,18,19). The van der Waals surface area contributed by atoms with Gasteiger partial charge in [0.25, 0.3) is 0 Å². The van der Waals surface area contributed by atoms with Crippen molar-refractivity contribution in [2.75, 3.05) is 19.6 Å². The molecule has 0 atom stereocenters. The van der Waals surface area contributed by atoms with Crippen LogP contribution in [0.25, 0.3) is 0 Å². The van der Waals surface area contributed by atoms with Gasteiger partial charge in [0.2, 0.25) is 0 Å². The molecule has 0 unspecified atom stereocenters. The number of rotatable bonds is 4. The van der Waals surface area contributed by atoms with Crippen molar-refractivity contribution in [3.63, 3.8) is 0 Å². The van der Waals surface area contributed by atoms with Gasteiger partial charge in [0.15, 0.2) is 0 Å². The molecule has 0 aromatic carbocycles. The number of carboxylic acid groups (broad SMARTS) is 1. The predicted molar refractivity (Wildman–Crippen MR) is 83.0 cm³/mol. The van der Waals surface area contributed by atoms with E-state index in [1.165, 1.54) is 11.3 Å². The number of carbonyl (C=O) groups excluding carboxylic acids is 1. The molecule has 1 aliphatic rings. The van der Waals surface area contributed by atoms with E-state index in [4.69, 9.17) is 16.7 Å². The third kappa shape index (κ3) is 4.11. The molecule has 2 rings (SSSR count). The van der Waals surface area contributed by atoms with Gasteiger partial charge in [0.1, 0.15) is 0 Å². The third-order valence-electron chi connectivity index (χ3n) is 3.95. The molecule has 0 bridgehead atoms. The molecule has 0 saturated carbocycles. The lowest BCUT2D eigenvalue weighted by atomic mass is 9.80. The highest BCUT2D eigenvalue weighted by molar-refractivity contribution is 7.16. The lowest BCUT2D eigenvalue weighted by molar-refractivity contribution is -0.150. The van der Waals surface area contributed by atoms with Crippen molar-refractivity contribution in [1.29, 1.82) is 0 Å². The normalized spacial score (nSPS) is 17.5. The van der Waals surface area contributed by atoms with Crippen LogP contribution in [-0.4, -0.2) is 41.6 Å². The molecule has 1 saturated heterocycles. The first-order valence-electron chi connectivity index (χ1n) is 6.91. The molecule has 1 aromatic rings. The van der Waals surface area contributed by atoms with E-state index >= 15 is 0 Å². The number of carbonyl (C=O) groups is 2. The van der Waals surface area contributed by atoms with Crippen LogP contribution in [0.4, 0.5) is 4.79 Å². The monoisotopic (exact) mass is 330 g/mol. The molecule has 2 N–H and O–H groups in total. The van der Waals surface area contributed by atoms with Crippen LogP contribution < -0.4 is 5.32 Å². The van der Waals surface area contributed by atoms with Gasteiger partial charge in [0.05, 0.1) is 9.75 Å². The van der Waals surface area contributed by atoms with Crippen molar-refractivity contribution < 1.29 is 14.7 Å². The molecule has 5 nitrogen and oxygen atoms in total. The molecule has 1 fully saturated rings. The summed E-state index contributed by atoms with van der Waals surface area (Å²) < 4.78 is 0.750. The van der Waals surface area contributed by atoms with E-state index in [1.54, 1.807) is 11.8 Å². The highest BCUT2D eigenvalue weighted by Gasteiger charge is 2.37. The van der Waals surface area contributed by atoms with Crippen molar-refractivity contribution in [2.24, 2.45) is 5.41 Å². The summed E-state index contributed by atoms with van der Waals surface area (Å²) in [6.07, 6.45) is 1.75. The fourth-order valence-corrected chi connectivity index (χ4v) is 3.39. The van der Waals surface area contributed by atoms with Crippen LogP contribution >= 0.6 is 22.9 Å². The van der Waals surface area contributed by atoms with Gasteiger partial charge in [-0.25, -0.2) is 4.79 Å². The van der Waals surface area contributed by atoms with Crippen LogP contribution in [0.3, 0.4) is 0 Å². The van der Waals surface area contributed by atoms with Crippen LogP contribution in [0.1, 0.15) is 24.6 Å². The maximum absolute atomic E-state index is 12.0. The first kappa shape index (κ1) is 16.1. The molecule has 1 aliphatic heterocycles. The van der Waals surface area contributed by atoms with Crippen LogP contribution in [0.2, 0.25) is 4.34 Å². The van der Waals surface area contributed by atoms with Crippen molar-refractivity contribution in [3.8, 4) is 0 Å². The Bertz CT molecular complexity index is 524. The molecule has 7 heteroatoms. The van der Waals surface area contributed by atoms with Crippen LogP contribution in [-0.2, 0) is 11.2 Å². The number of nitrogens with zero attached hydrogens (tertiary/aromatic N) is 1. The highest BCUT2D eigenvalue weighted by Crippen LogP contribution is 2.30. The molecule has 1 aromatic heterocycles. The number of urea groups is 1. The SMILES string of the molecule is CC1(C(=O)O)CCN(C(=O)NCCc2ccc(Cl)s2)CC1. The first-order chi connectivity index (χ1) is 9.90. The predicted octanol–water partition coefficient (Wildman–Crippen LogP) is 2.84. The first-order valence-corrected chi connectivity index (χ1v) is 8.10. The van der Waals surface area contributed by atoms with Gasteiger partial charge in [-0.3, -0.25) is 4.79 Å². The fraction of sp³-hybridized carbons (Fsp3) is 0.571. The Morgan fingerprint density at radius 2 is 2.10 bits per heavy atom. The fourth-order valence-electron chi connectivity index (χ4n) is 2.31. The second kappa shape index (κ2) is 6.66. The maximum Gasteiger partial charge on any atom is 0.317 e.